The van der Waals surface area contributed by atoms with Gasteiger partial charge in [-0.1, -0.05) is 74.3 Å². The second-order valence-corrected chi connectivity index (χ2v) is 12.6. The van der Waals surface area contributed by atoms with Crippen molar-refractivity contribution in [2.24, 2.45) is 5.41 Å². The topological polar surface area (TPSA) is 83.4 Å². The van der Waals surface area contributed by atoms with Gasteiger partial charge in [-0.15, -0.1) is 0 Å². The smallest absolute Gasteiger partial charge is 0.237 e. The Labute approximate surface area is 253 Å². The Hall–Kier alpha value is -3.24. The first-order chi connectivity index (χ1) is 19.5. The normalized spacial score (nSPS) is 22.1. The van der Waals surface area contributed by atoms with E-state index < -0.39 is 17.4 Å². The molecule has 4 atom stereocenters. The van der Waals surface area contributed by atoms with Gasteiger partial charge in [-0.2, -0.15) is 5.26 Å². The molecule has 3 aromatic rings. The molecule has 3 aromatic carbocycles. The van der Waals surface area contributed by atoms with E-state index >= 15 is 0 Å². The van der Waals surface area contributed by atoms with Crippen molar-refractivity contribution in [3.05, 3.63) is 93.5 Å². The molecule has 1 amide bonds. The van der Waals surface area contributed by atoms with E-state index in [1.807, 2.05) is 48.5 Å². The summed E-state index contributed by atoms with van der Waals surface area (Å²) >= 11 is 12.7. The minimum atomic E-state index is -1.05. The number of halogens is 2. The number of amides is 1. The zero-order chi connectivity index (χ0) is 29.8. The summed E-state index contributed by atoms with van der Waals surface area (Å²) < 4.78 is 10.8. The molecular formula is C33H37Cl2N3O3. The van der Waals surface area contributed by atoms with E-state index in [0.29, 0.717) is 40.9 Å². The Morgan fingerprint density at radius 3 is 2.32 bits per heavy atom. The lowest BCUT2D eigenvalue weighted by Crippen LogP contribution is -2.46. The summed E-state index contributed by atoms with van der Waals surface area (Å²) in [6.45, 7) is 6.84. The van der Waals surface area contributed by atoms with E-state index in [4.69, 9.17) is 32.7 Å². The summed E-state index contributed by atoms with van der Waals surface area (Å²) in [5.41, 5.74) is 1.50. The predicted octanol–water partition coefficient (Wildman–Crippen LogP) is 6.69. The van der Waals surface area contributed by atoms with Gasteiger partial charge in [0.2, 0.25) is 5.91 Å². The summed E-state index contributed by atoms with van der Waals surface area (Å²) in [5, 5.41) is 18.9. The molecule has 6 nitrogen and oxygen atoms in total. The van der Waals surface area contributed by atoms with E-state index in [1.165, 1.54) is 0 Å². The number of carbonyl (C=O) groups is 1. The third kappa shape index (κ3) is 6.64. The van der Waals surface area contributed by atoms with Gasteiger partial charge in [0, 0.05) is 28.5 Å². The lowest BCUT2D eigenvalue weighted by molar-refractivity contribution is -0.123. The fraction of sp³-hybridized carbons (Fsp3) is 0.394. The molecule has 0 saturated carbocycles. The average molecular weight is 595 g/mol. The van der Waals surface area contributed by atoms with Gasteiger partial charge in [-0.25, -0.2) is 0 Å². The molecule has 1 aliphatic rings. The maximum Gasteiger partial charge on any atom is 0.237 e. The molecule has 0 aliphatic carbocycles. The molecule has 1 fully saturated rings. The summed E-state index contributed by atoms with van der Waals surface area (Å²) in [5.74, 6) is 0.627. The molecule has 0 bridgehead atoms. The molecule has 0 radical (unpaired) electrons. The Kier molecular flexibility index (Phi) is 9.54. The van der Waals surface area contributed by atoms with Gasteiger partial charge in [0.25, 0.3) is 0 Å². The van der Waals surface area contributed by atoms with Crippen LogP contribution < -0.4 is 20.1 Å². The number of benzene rings is 3. The lowest BCUT2D eigenvalue weighted by atomic mass is 9.63. The fourth-order valence-corrected chi connectivity index (χ4v) is 6.26. The van der Waals surface area contributed by atoms with Crippen LogP contribution in [0.1, 0.15) is 49.8 Å². The largest absolute Gasteiger partial charge is 0.493 e. The van der Waals surface area contributed by atoms with Crippen molar-refractivity contribution in [3.63, 3.8) is 0 Å². The highest BCUT2D eigenvalue weighted by Crippen LogP contribution is 2.51. The highest BCUT2D eigenvalue weighted by molar-refractivity contribution is 6.30. The van der Waals surface area contributed by atoms with Crippen molar-refractivity contribution in [1.29, 1.82) is 5.26 Å². The molecule has 2 N–H and O–H groups in total. The van der Waals surface area contributed by atoms with Crippen molar-refractivity contribution in [2.75, 3.05) is 20.8 Å². The van der Waals surface area contributed by atoms with E-state index in [0.717, 1.165) is 16.7 Å². The number of nitriles is 1. The van der Waals surface area contributed by atoms with Crippen LogP contribution in [0.5, 0.6) is 11.5 Å². The number of hydrogen-bond donors (Lipinski definition) is 2. The van der Waals surface area contributed by atoms with Crippen LogP contribution in [0.25, 0.3) is 0 Å². The zero-order valence-electron chi connectivity index (χ0n) is 24.1. The van der Waals surface area contributed by atoms with Crippen molar-refractivity contribution >= 4 is 29.1 Å². The molecule has 41 heavy (non-hydrogen) atoms. The molecule has 0 aromatic heterocycles. The maximum atomic E-state index is 13.9. The van der Waals surface area contributed by atoms with Crippen LogP contribution in [0.15, 0.2) is 66.7 Å². The Morgan fingerprint density at radius 2 is 1.71 bits per heavy atom. The first-order valence-corrected chi connectivity index (χ1v) is 14.5. The summed E-state index contributed by atoms with van der Waals surface area (Å²) in [7, 11) is 3.20. The van der Waals surface area contributed by atoms with Crippen LogP contribution in [-0.4, -0.2) is 38.8 Å². The fourth-order valence-electron chi connectivity index (χ4n) is 5.93. The molecule has 4 unspecified atom stereocenters. The minimum Gasteiger partial charge on any atom is -0.493 e. The molecule has 216 valence electrons. The van der Waals surface area contributed by atoms with Gasteiger partial charge < -0.3 is 20.1 Å². The molecular weight excluding hydrogens is 557 g/mol. The van der Waals surface area contributed by atoms with Crippen LogP contribution in [-0.2, 0) is 16.6 Å². The Bertz CT molecular complexity index is 1410. The average Bonchev–Trinajstić information content (AvgIpc) is 3.26. The Balaban J connectivity index is 1.71. The second-order valence-electron chi connectivity index (χ2n) is 11.7. The maximum absolute atomic E-state index is 13.9. The number of hydrogen-bond acceptors (Lipinski definition) is 5. The van der Waals surface area contributed by atoms with Crippen LogP contribution in [0.3, 0.4) is 0 Å². The van der Waals surface area contributed by atoms with E-state index in [9.17, 15) is 10.1 Å². The van der Waals surface area contributed by atoms with Gasteiger partial charge in [0.15, 0.2) is 11.5 Å². The van der Waals surface area contributed by atoms with Gasteiger partial charge in [-0.3, -0.25) is 4.79 Å². The molecule has 1 heterocycles. The van der Waals surface area contributed by atoms with Crippen molar-refractivity contribution in [1.82, 2.24) is 10.6 Å². The highest BCUT2D eigenvalue weighted by Gasteiger charge is 2.59. The van der Waals surface area contributed by atoms with Crippen molar-refractivity contribution in [2.45, 2.75) is 57.0 Å². The monoisotopic (exact) mass is 593 g/mol. The molecule has 4 rings (SSSR count). The van der Waals surface area contributed by atoms with Crippen molar-refractivity contribution < 1.29 is 14.3 Å². The highest BCUT2D eigenvalue weighted by atomic mass is 35.5. The van der Waals surface area contributed by atoms with Crippen LogP contribution >= 0.6 is 23.2 Å². The number of methoxy groups -OCH3 is 2. The van der Waals surface area contributed by atoms with Crippen LogP contribution in [0.4, 0.5) is 0 Å². The molecule has 1 saturated heterocycles. The lowest BCUT2D eigenvalue weighted by Gasteiger charge is -2.37. The number of carbonyl (C=O) groups excluding carboxylic acids is 1. The molecule has 1 aliphatic heterocycles. The summed E-state index contributed by atoms with van der Waals surface area (Å²) in [4.78, 5) is 13.9. The Morgan fingerprint density at radius 1 is 1.00 bits per heavy atom. The van der Waals surface area contributed by atoms with Gasteiger partial charge >= 0.3 is 0 Å². The third-order valence-corrected chi connectivity index (χ3v) is 8.22. The predicted molar refractivity (Wildman–Crippen MR) is 164 cm³/mol. The third-order valence-electron chi connectivity index (χ3n) is 7.73. The standard InChI is InChI=1S/C33H37Cl2N3O3/c1-32(2,3)19-28-33(20-36,23-10-12-24(34)13-11-23)29(22-7-6-8-25(35)18-22)30(38-28)31(39)37-16-15-21-9-14-26(40-4)27(17-21)41-5/h6-14,17-18,28-30,38H,15-16,19H2,1-5H3,(H,37,39). The zero-order valence-corrected chi connectivity index (χ0v) is 25.6. The number of ether oxygens (including phenoxy) is 2. The minimum absolute atomic E-state index is 0.107. The van der Waals surface area contributed by atoms with Gasteiger partial charge in [-0.05, 0) is 71.3 Å². The first-order valence-electron chi connectivity index (χ1n) is 13.7. The molecule has 0 spiro atoms. The second kappa shape index (κ2) is 12.7. The first kappa shape index (κ1) is 30.7. The van der Waals surface area contributed by atoms with Crippen molar-refractivity contribution in [3.8, 4) is 17.6 Å². The molecule has 8 heteroatoms. The summed E-state index contributed by atoms with van der Waals surface area (Å²) in [6.07, 6.45) is 1.28. The van der Waals surface area contributed by atoms with Crippen LogP contribution in [0.2, 0.25) is 10.0 Å². The number of rotatable bonds is 9. The number of nitrogens with one attached hydrogen (secondary N) is 2. The SMILES string of the molecule is COc1ccc(CCNC(=O)C2NC(CC(C)(C)C)C(C#N)(c3ccc(Cl)cc3)C2c2cccc(Cl)c2)cc1OC. The quantitative estimate of drug-likeness (QED) is 0.289. The van der Waals surface area contributed by atoms with Gasteiger partial charge in [0.05, 0.1) is 26.3 Å². The summed E-state index contributed by atoms with van der Waals surface area (Å²) in [6, 6.07) is 22.3. The van der Waals surface area contributed by atoms with E-state index in [-0.39, 0.29) is 17.4 Å². The van der Waals surface area contributed by atoms with Gasteiger partial charge in [0.1, 0.15) is 5.41 Å². The number of nitrogens with zero attached hydrogens (tertiary/aromatic N) is 1. The van der Waals surface area contributed by atoms with Crippen LogP contribution in [0, 0.1) is 16.7 Å². The van der Waals surface area contributed by atoms with E-state index in [2.05, 4.69) is 37.5 Å². The van der Waals surface area contributed by atoms with E-state index in [1.54, 1.807) is 32.4 Å².